The Kier molecular flexibility index (Phi) is 2.39. The van der Waals surface area contributed by atoms with Crippen molar-refractivity contribution in [2.75, 3.05) is 5.73 Å². The number of hydrogen-bond donors (Lipinski definition) is 1. The van der Waals surface area contributed by atoms with Gasteiger partial charge in [0.2, 0.25) is 0 Å². The van der Waals surface area contributed by atoms with Gasteiger partial charge in [0.25, 0.3) is 0 Å². The van der Waals surface area contributed by atoms with E-state index in [1.54, 1.807) is 0 Å². The number of benzene rings is 1. The molecule has 3 rings (SSSR count). The maximum absolute atomic E-state index is 5.71. The lowest BCUT2D eigenvalue weighted by Gasteiger charge is -2.22. The van der Waals surface area contributed by atoms with Crippen molar-refractivity contribution in [3.63, 3.8) is 0 Å². The Labute approximate surface area is 101 Å². The maximum atomic E-state index is 5.71. The second-order valence-electron chi connectivity index (χ2n) is 4.82. The second-order valence-corrected chi connectivity index (χ2v) is 4.82. The average Bonchev–Trinajstić information content (AvgIpc) is 2.75. The van der Waals surface area contributed by atoms with Crippen molar-refractivity contribution in [2.24, 2.45) is 0 Å². The van der Waals surface area contributed by atoms with Crippen LogP contribution in [0.15, 0.2) is 30.5 Å². The molecule has 17 heavy (non-hydrogen) atoms. The molecule has 0 bridgehead atoms. The number of anilines is 1. The van der Waals surface area contributed by atoms with E-state index >= 15 is 0 Å². The van der Waals surface area contributed by atoms with Gasteiger partial charge in [0.15, 0.2) is 0 Å². The fourth-order valence-corrected chi connectivity index (χ4v) is 2.58. The topological polar surface area (TPSA) is 43.8 Å². The van der Waals surface area contributed by atoms with Crippen molar-refractivity contribution in [3.8, 4) is 11.4 Å². The van der Waals surface area contributed by atoms with Crippen LogP contribution in [0.4, 0.5) is 5.69 Å². The molecule has 3 nitrogen and oxygen atoms in total. The van der Waals surface area contributed by atoms with E-state index < -0.39 is 0 Å². The van der Waals surface area contributed by atoms with Gasteiger partial charge in [-0.2, -0.15) is 0 Å². The van der Waals surface area contributed by atoms with E-state index in [9.17, 15) is 0 Å². The Bertz CT molecular complexity index is 525. The fourth-order valence-electron chi connectivity index (χ4n) is 2.58. The number of nitrogens with zero attached hydrogens (tertiary/aromatic N) is 2. The first-order chi connectivity index (χ1) is 8.25. The fraction of sp³-hybridized carbons (Fsp3) is 0.357. The highest BCUT2D eigenvalue weighted by atomic mass is 15.1. The molecule has 1 aromatic heterocycles. The minimum Gasteiger partial charge on any atom is -0.399 e. The van der Waals surface area contributed by atoms with Crippen molar-refractivity contribution >= 4 is 5.69 Å². The molecule has 2 aromatic rings. The minimum absolute atomic E-state index is 0.624. The number of hydrogen-bond acceptors (Lipinski definition) is 2. The van der Waals surface area contributed by atoms with Crippen LogP contribution in [-0.2, 0) is 6.54 Å². The van der Waals surface area contributed by atoms with Crippen molar-refractivity contribution in [2.45, 2.75) is 32.2 Å². The van der Waals surface area contributed by atoms with Crippen LogP contribution in [0.5, 0.6) is 0 Å². The van der Waals surface area contributed by atoms with Gasteiger partial charge in [0.05, 0.1) is 0 Å². The molecule has 1 aliphatic rings. The number of nitrogen functional groups attached to an aromatic ring is 1. The van der Waals surface area contributed by atoms with Crippen LogP contribution in [-0.4, -0.2) is 9.55 Å². The van der Waals surface area contributed by atoms with Crippen LogP contribution < -0.4 is 5.73 Å². The summed E-state index contributed by atoms with van der Waals surface area (Å²) in [5, 5.41) is 0. The number of fused-ring (bicyclic) bond motifs is 1. The Morgan fingerprint density at radius 1 is 1.29 bits per heavy atom. The lowest BCUT2D eigenvalue weighted by atomic mass is 9.98. The summed E-state index contributed by atoms with van der Waals surface area (Å²) in [6.07, 6.45) is 4.54. The van der Waals surface area contributed by atoms with Crippen molar-refractivity contribution in [3.05, 3.63) is 36.2 Å². The first-order valence-electron chi connectivity index (χ1n) is 6.17. The number of imidazole rings is 1. The van der Waals surface area contributed by atoms with E-state index in [0.717, 1.165) is 23.6 Å². The first-order valence-corrected chi connectivity index (χ1v) is 6.17. The second kappa shape index (κ2) is 3.91. The molecule has 0 aliphatic carbocycles. The predicted molar refractivity (Wildman–Crippen MR) is 69.7 cm³/mol. The van der Waals surface area contributed by atoms with E-state index in [1.807, 2.05) is 30.5 Å². The van der Waals surface area contributed by atoms with Gasteiger partial charge in [0, 0.05) is 29.7 Å². The zero-order valence-electron chi connectivity index (χ0n) is 10.1. The largest absolute Gasteiger partial charge is 0.399 e. The molecule has 2 N–H and O–H groups in total. The van der Waals surface area contributed by atoms with Gasteiger partial charge in [-0.3, -0.25) is 0 Å². The van der Waals surface area contributed by atoms with Crippen LogP contribution in [0.1, 0.15) is 31.4 Å². The molecule has 0 radical (unpaired) electrons. The highest BCUT2D eigenvalue weighted by Gasteiger charge is 2.20. The lowest BCUT2D eigenvalue weighted by molar-refractivity contribution is 0.478. The van der Waals surface area contributed by atoms with Gasteiger partial charge in [-0.15, -0.1) is 0 Å². The molecule has 0 fully saturated rings. The molecule has 0 amide bonds. The van der Waals surface area contributed by atoms with Crippen LogP contribution in [0, 0.1) is 0 Å². The highest BCUT2D eigenvalue weighted by Crippen LogP contribution is 2.31. The van der Waals surface area contributed by atoms with Crippen LogP contribution in [0.25, 0.3) is 11.4 Å². The van der Waals surface area contributed by atoms with Crippen LogP contribution in [0.3, 0.4) is 0 Å². The SMILES string of the molecule is CC1CCCn2c1cnc2-c1ccc(N)cc1. The third-order valence-electron chi connectivity index (χ3n) is 3.58. The van der Waals surface area contributed by atoms with Crippen molar-refractivity contribution < 1.29 is 0 Å². The summed E-state index contributed by atoms with van der Waals surface area (Å²) >= 11 is 0. The zero-order chi connectivity index (χ0) is 11.8. The van der Waals surface area contributed by atoms with E-state index in [4.69, 9.17) is 5.73 Å². The molecule has 1 unspecified atom stereocenters. The minimum atomic E-state index is 0.624. The van der Waals surface area contributed by atoms with Gasteiger partial charge in [0.1, 0.15) is 5.82 Å². The van der Waals surface area contributed by atoms with Crippen molar-refractivity contribution in [1.82, 2.24) is 9.55 Å². The predicted octanol–water partition coefficient (Wildman–Crippen LogP) is 3.03. The maximum Gasteiger partial charge on any atom is 0.140 e. The Morgan fingerprint density at radius 3 is 2.82 bits per heavy atom. The van der Waals surface area contributed by atoms with E-state index in [2.05, 4.69) is 16.5 Å². The normalized spacial score (nSPS) is 19.0. The summed E-state index contributed by atoms with van der Waals surface area (Å²) in [4.78, 5) is 4.57. The van der Waals surface area contributed by atoms with Crippen molar-refractivity contribution in [1.29, 1.82) is 0 Å². The summed E-state index contributed by atoms with van der Waals surface area (Å²) in [6, 6.07) is 7.96. The molecular weight excluding hydrogens is 210 g/mol. The van der Waals surface area contributed by atoms with Crippen LogP contribution in [0.2, 0.25) is 0 Å². The summed E-state index contributed by atoms with van der Waals surface area (Å²) < 4.78 is 2.35. The smallest absolute Gasteiger partial charge is 0.140 e. The molecule has 0 spiro atoms. The molecule has 0 saturated carbocycles. The van der Waals surface area contributed by atoms with Gasteiger partial charge < -0.3 is 10.3 Å². The molecule has 1 atom stereocenters. The third kappa shape index (κ3) is 1.71. The molecule has 1 aliphatic heterocycles. The quantitative estimate of drug-likeness (QED) is 0.761. The zero-order valence-corrected chi connectivity index (χ0v) is 10.1. The molecule has 88 valence electrons. The molecule has 0 saturated heterocycles. The summed E-state index contributed by atoms with van der Waals surface area (Å²) in [5.74, 6) is 1.70. The number of rotatable bonds is 1. The average molecular weight is 227 g/mol. The molecule has 2 heterocycles. The monoisotopic (exact) mass is 227 g/mol. The lowest BCUT2D eigenvalue weighted by Crippen LogP contribution is -2.13. The van der Waals surface area contributed by atoms with E-state index in [-0.39, 0.29) is 0 Å². The van der Waals surface area contributed by atoms with Gasteiger partial charge >= 0.3 is 0 Å². The Hall–Kier alpha value is -1.77. The number of nitrogens with two attached hydrogens (primary N) is 1. The van der Waals surface area contributed by atoms with Gasteiger partial charge in [-0.1, -0.05) is 6.92 Å². The summed E-state index contributed by atoms with van der Waals surface area (Å²) in [7, 11) is 0. The van der Waals surface area contributed by atoms with Gasteiger partial charge in [-0.05, 0) is 43.0 Å². The van der Waals surface area contributed by atoms with E-state index in [1.165, 1.54) is 18.5 Å². The van der Waals surface area contributed by atoms with Gasteiger partial charge in [-0.25, -0.2) is 4.98 Å². The third-order valence-corrected chi connectivity index (χ3v) is 3.58. The summed E-state index contributed by atoms with van der Waals surface area (Å²) in [6.45, 7) is 3.36. The first kappa shape index (κ1) is 10.4. The molecule has 3 heteroatoms. The standard InChI is InChI=1S/C14H17N3/c1-10-3-2-8-17-13(10)9-16-14(17)11-4-6-12(15)7-5-11/h4-7,9-10H,2-3,8,15H2,1H3. The molecular formula is C14H17N3. The summed E-state index contributed by atoms with van der Waals surface area (Å²) in [5.41, 5.74) is 9.03. The van der Waals surface area contributed by atoms with E-state index in [0.29, 0.717) is 5.92 Å². The Balaban J connectivity index is 2.07. The number of aromatic nitrogens is 2. The highest BCUT2D eigenvalue weighted by molar-refractivity contribution is 5.59. The molecule has 1 aromatic carbocycles. The van der Waals surface area contributed by atoms with Crippen LogP contribution >= 0.6 is 0 Å². The Morgan fingerprint density at radius 2 is 2.06 bits per heavy atom.